The number of nitrogens with zero attached hydrogens (tertiary/aromatic N) is 4. The summed E-state index contributed by atoms with van der Waals surface area (Å²) in [5, 5.41) is 20.2. The number of nitrogens with one attached hydrogen (secondary N) is 3. The minimum absolute atomic E-state index is 0.00755. The van der Waals surface area contributed by atoms with Gasteiger partial charge in [-0.3, -0.25) is 29.2 Å². The van der Waals surface area contributed by atoms with E-state index in [1.807, 2.05) is 39.0 Å². The van der Waals surface area contributed by atoms with Gasteiger partial charge in [0.05, 0.1) is 36.1 Å². The average molecular weight is 892 g/mol. The Labute approximate surface area is 381 Å². The van der Waals surface area contributed by atoms with Crippen molar-refractivity contribution in [3.05, 3.63) is 71.5 Å². The van der Waals surface area contributed by atoms with Crippen LogP contribution < -0.4 is 16.1 Å². The topological polar surface area (TPSA) is 177 Å². The smallest absolute Gasteiger partial charge is 0.324 e. The number of aromatic hydroxyl groups is 1. The number of likely N-dealkylation sites (N-methyl/N-ethyl adjacent to an activating group) is 1. The van der Waals surface area contributed by atoms with Crippen LogP contribution in [0.15, 0.2) is 54.7 Å². The quantitative estimate of drug-likeness (QED) is 0.160. The summed E-state index contributed by atoms with van der Waals surface area (Å²) in [6.45, 7) is 14.2. The van der Waals surface area contributed by atoms with Gasteiger partial charge in [0.25, 0.3) is 5.91 Å². The first-order valence-corrected chi connectivity index (χ1v) is 23.2. The molecule has 6 heterocycles. The second-order valence-corrected chi connectivity index (χ2v) is 19.4. The van der Waals surface area contributed by atoms with Gasteiger partial charge in [0.1, 0.15) is 23.9 Å². The fraction of sp³-hybridized carbons (Fsp3) is 0.540. The number of hydrogen-bond acceptors (Lipinski definition) is 11. The van der Waals surface area contributed by atoms with Crippen LogP contribution in [0.4, 0.5) is 0 Å². The van der Waals surface area contributed by atoms with Crippen LogP contribution in [-0.4, -0.2) is 119 Å². The predicted octanol–water partition coefficient (Wildman–Crippen LogP) is 5.31. The lowest BCUT2D eigenvalue weighted by atomic mass is 9.84. The van der Waals surface area contributed by atoms with E-state index in [1.165, 1.54) is 9.91 Å². The third-order valence-electron chi connectivity index (χ3n) is 13.8. The molecule has 2 aromatic carbocycles. The molecule has 3 fully saturated rings. The van der Waals surface area contributed by atoms with Crippen molar-refractivity contribution in [3.63, 3.8) is 0 Å². The Morgan fingerprint density at radius 1 is 1.09 bits per heavy atom. The van der Waals surface area contributed by atoms with Crippen LogP contribution in [0.5, 0.6) is 5.75 Å². The highest BCUT2D eigenvalue weighted by Gasteiger charge is 2.47. The standard InChI is InChI=1S/C50H65N7O8/c1-9-56-41-15-14-31-24-35(41)36(44(56)34-12-10-17-51-42(34)29(4)63-8)25-50(5,6)27-65-49(62)39-13-11-18-57(54-39)48(61)40(22-30-20-32(31)23-33(58)21-30)53-46(59)43(28(2)3)55(7)47(60)37-26-52-38-16-19-64-45(37)38/h10,12,14-15,17,20-21,23-24,28-29,37-40,43,45,52,54,58H,9,11,13,16,18-19,22,25-27H2,1-8H3,(H,53,59)/t29-,37-,38+,39-,40-,43-,45+/m0/s1. The minimum Gasteiger partial charge on any atom is -0.508 e. The third kappa shape index (κ3) is 9.25. The molecule has 2 aromatic heterocycles. The molecule has 0 radical (unpaired) electrons. The lowest BCUT2D eigenvalue weighted by Crippen LogP contribution is -2.62. The summed E-state index contributed by atoms with van der Waals surface area (Å²) in [6, 6.07) is 12.8. The molecule has 4 aliphatic heterocycles. The Morgan fingerprint density at radius 2 is 1.89 bits per heavy atom. The van der Waals surface area contributed by atoms with Gasteiger partial charge in [0.15, 0.2) is 0 Å². The van der Waals surface area contributed by atoms with E-state index in [0.717, 1.165) is 51.0 Å². The Kier molecular flexibility index (Phi) is 13.4. The van der Waals surface area contributed by atoms with Crippen LogP contribution in [0.3, 0.4) is 0 Å². The monoisotopic (exact) mass is 891 g/mol. The lowest BCUT2D eigenvalue weighted by molar-refractivity contribution is -0.155. The summed E-state index contributed by atoms with van der Waals surface area (Å²) in [4.78, 5) is 63.5. The third-order valence-corrected chi connectivity index (χ3v) is 13.8. The summed E-state index contributed by atoms with van der Waals surface area (Å²) >= 11 is 0. The number of amides is 3. The first kappa shape index (κ1) is 46.2. The number of phenols is 1. The van der Waals surface area contributed by atoms with Gasteiger partial charge in [-0.25, -0.2) is 5.43 Å². The van der Waals surface area contributed by atoms with E-state index in [4.69, 9.17) is 19.2 Å². The number of hydrazine groups is 1. The van der Waals surface area contributed by atoms with E-state index >= 15 is 0 Å². The highest BCUT2D eigenvalue weighted by atomic mass is 16.5. The highest BCUT2D eigenvalue weighted by molar-refractivity contribution is 5.96. The molecule has 348 valence electrons. The number of aryl methyl sites for hydroxylation is 1. The van der Waals surface area contributed by atoms with Gasteiger partial charge in [-0.05, 0) is 104 Å². The van der Waals surface area contributed by atoms with Gasteiger partial charge in [-0.15, -0.1) is 0 Å². The number of aromatic nitrogens is 2. The van der Waals surface area contributed by atoms with Crippen LogP contribution in [0, 0.1) is 17.3 Å². The molecule has 3 saturated heterocycles. The Balaban J connectivity index is 1.21. The van der Waals surface area contributed by atoms with Gasteiger partial charge in [-0.1, -0.05) is 39.8 Å². The Hall–Kier alpha value is -5.35. The van der Waals surface area contributed by atoms with E-state index in [2.05, 4.69) is 59.6 Å². The van der Waals surface area contributed by atoms with Crippen LogP contribution in [0.2, 0.25) is 0 Å². The lowest BCUT2D eigenvalue weighted by Gasteiger charge is -2.37. The zero-order chi connectivity index (χ0) is 46.3. The normalized spacial score (nSPS) is 24.3. The first-order chi connectivity index (χ1) is 31.1. The number of benzene rings is 2. The molecule has 15 heteroatoms. The van der Waals surface area contributed by atoms with Crippen LogP contribution in [0.1, 0.15) is 83.7 Å². The van der Waals surface area contributed by atoms with Crippen molar-refractivity contribution in [3.8, 4) is 28.1 Å². The molecule has 3 amide bonds. The van der Waals surface area contributed by atoms with Gasteiger partial charge in [-0.2, -0.15) is 0 Å². The fourth-order valence-electron chi connectivity index (χ4n) is 10.5. The number of rotatable bonds is 9. The molecular weight excluding hydrogens is 827 g/mol. The van der Waals surface area contributed by atoms with Crippen LogP contribution >= 0.6 is 0 Å². The number of ether oxygens (including phenoxy) is 3. The van der Waals surface area contributed by atoms with Gasteiger partial charge in [0.2, 0.25) is 11.8 Å². The number of cyclic esters (lactones) is 1. The number of phenolic OH excluding ortho intramolecular Hbond substituents is 1. The van der Waals surface area contributed by atoms with Crippen molar-refractivity contribution in [2.24, 2.45) is 17.3 Å². The van der Waals surface area contributed by atoms with E-state index in [1.54, 1.807) is 32.5 Å². The molecule has 65 heavy (non-hydrogen) atoms. The second-order valence-electron chi connectivity index (χ2n) is 19.4. The summed E-state index contributed by atoms with van der Waals surface area (Å²) < 4.78 is 20.2. The molecular formula is C50H65N7O8. The van der Waals surface area contributed by atoms with Gasteiger partial charge < -0.3 is 39.4 Å². The molecule has 0 aliphatic carbocycles. The highest BCUT2D eigenvalue weighted by Crippen LogP contribution is 2.42. The van der Waals surface area contributed by atoms with E-state index < -0.39 is 47.2 Å². The van der Waals surface area contributed by atoms with Gasteiger partial charge >= 0.3 is 5.97 Å². The molecule has 4 aromatic rings. The van der Waals surface area contributed by atoms with E-state index in [-0.39, 0.29) is 48.9 Å². The molecule has 8 rings (SSSR count). The molecule has 7 atom stereocenters. The molecule has 0 saturated carbocycles. The predicted molar refractivity (Wildman–Crippen MR) is 246 cm³/mol. The van der Waals surface area contributed by atoms with Gasteiger partial charge in [0, 0.05) is 80.9 Å². The summed E-state index contributed by atoms with van der Waals surface area (Å²) in [5.74, 6) is -2.30. The fourth-order valence-corrected chi connectivity index (χ4v) is 10.5. The number of methoxy groups -OCH3 is 1. The maximum absolute atomic E-state index is 14.7. The molecule has 0 spiro atoms. The van der Waals surface area contributed by atoms with Crippen molar-refractivity contribution < 1.29 is 38.5 Å². The average Bonchev–Trinajstić information content (AvgIpc) is 4.00. The molecule has 4 N–H and O–H groups in total. The summed E-state index contributed by atoms with van der Waals surface area (Å²) in [5.41, 5.74) is 9.68. The maximum Gasteiger partial charge on any atom is 0.324 e. The van der Waals surface area contributed by atoms with Crippen molar-refractivity contribution >= 4 is 34.6 Å². The number of carbonyl (C=O) groups excluding carboxylic acids is 4. The Morgan fingerprint density at radius 3 is 2.65 bits per heavy atom. The van der Waals surface area contributed by atoms with Crippen molar-refractivity contribution in [2.45, 2.75) is 117 Å². The molecule has 4 aliphatic rings. The zero-order valence-electron chi connectivity index (χ0n) is 39.0. The number of hydrogen-bond donors (Lipinski definition) is 4. The summed E-state index contributed by atoms with van der Waals surface area (Å²) in [6.07, 6.45) is 3.64. The van der Waals surface area contributed by atoms with E-state index in [9.17, 15) is 24.3 Å². The number of pyridine rings is 1. The molecule has 15 nitrogen and oxygen atoms in total. The number of fused-ring (bicyclic) bond motifs is 7. The zero-order valence-corrected chi connectivity index (χ0v) is 39.0. The largest absolute Gasteiger partial charge is 0.508 e. The SMILES string of the molecule is CCn1c(-c2cccnc2[C@H](C)OC)c2c3cc(ccc31)-c1cc(O)cc(c1)C[C@H](NC(=O)[C@H](C(C)C)N(C)C(=O)[C@H]1CN[C@@H]3CCO[C@H]13)C(=O)N1CCC[C@H](N1)C(=O)OCC(C)(C)C2. The molecule has 6 bridgehead atoms. The van der Waals surface area contributed by atoms with E-state index in [0.29, 0.717) is 51.1 Å². The second kappa shape index (κ2) is 18.9. The van der Waals surface area contributed by atoms with Crippen molar-refractivity contribution in [1.82, 2.24) is 35.5 Å². The molecule has 0 unspecified atom stereocenters. The maximum atomic E-state index is 14.7. The van der Waals surface area contributed by atoms with Crippen molar-refractivity contribution in [1.29, 1.82) is 0 Å². The number of esters is 1. The van der Waals surface area contributed by atoms with Crippen LogP contribution in [-0.2, 0) is 52.8 Å². The van der Waals surface area contributed by atoms with Crippen LogP contribution in [0.25, 0.3) is 33.3 Å². The minimum atomic E-state index is -1.13. The first-order valence-electron chi connectivity index (χ1n) is 23.2. The van der Waals surface area contributed by atoms with Crippen molar-refractivity contribution in [2.75, 3.05) is 40.5 Å². The Bertz CT molecular complexity index is 2450. The summed E-state index contributed by atoms with van der Waals surface area (Å²) in [7, 11) is 3.32. The number of carbonyl (C=O) groups is 4.